The summed E-state index contributed by atoms with van der Waals surface area (Å²) >= 11 is 9.55. The van der Waals surface area contributed by atoms with Crippen molar-refractivity contribution in [3.8, 4) is 11.5 Å². The highest BCUT2D eigenvalue weighted by Crippen LogP contribution is 2.34. The molecule has 0 aliphatic rings. The van der Waals surface area contributed by atoms with E-state index in [1.807, 2.05) is 49.4 Å². The number of halogens is 2. The molecule has 2 N–H and O–H groups in total. The first kappa shape index (κ1) is 21.5. The molecule has 0 aromatic heterocycles. The minimum absolute atomic E-state index is 0.597. The van der Waals surface area contributed by atoms with Gasteiger partial charge in [-0.05, 0) is 60.0 Å². The lowest BCUT2D eigenvalue weighted by atomic mass is 9.99. The van der Waals surface area contributed by atoms with E-state index in [1.54, 1.807) is 26.4 Å². The van der Waals surface area contributed by atoms with Gasteiger partial charge in [-0.25, -0.2) is 0 Å². The fourth-order valence-electron chi connectivity index (χ4n) is 3.12. The van der Waals surface area contributed by atoms with Crippen LogP contribution in [0.3, 0.4) is 0 Å². The fourth-order valence-corrected chi connectivity index (χ4v) is 3.80. The summed E-state index contributed by atoms with van der Waals surface area (Å²) in [4.78, 5) is 0. The van der Waals surface area contributed by atoms with Crippen molar-refractivity contribution in [3.63, 3.8) is 0 Å². The van der Waals surface area contributed by atoms with Gasteiger partial charge < -0.3 is 19.9 Å². The van der Waals surface area contributed by atoms with Crippen LogP contribution in [0.4, 0.5) is 5.69 Å². The van der Waals surface area contributed by atoms with E-state index in [1.165, 1.54) is 0 Å². The quantitative estimate of drug-likeness (QED) is 0.431. The number of aliphatic hydroxyl groups is 1. The normalized spacial score (nSPS) is 11.8. The molecule has 6 heteroatoms. The Morgan fingerprint density at radius 2 is 1.76 bits per heavy atom. The van der Waals surface area contributed by atoms with Crippen LogP contribution in [0.2, 0.25) is 5.02 Å². The highest BCUT2D eigenvalue weighted by Gasteiger charge is 2.16. The Kier molecular flexibility index (Phi) is 7.06. The summed E-state index contributed by atoms with van der Waals surface area (Å²) in [6, 6.07) is 16.9. The molecule has 0 spiro atoms. The zero-order valence-electron chi connectivity index (χ0n) is 16.5. The second-order valence-electron chi connectivity index (χ2n) is 6.67. The van der Waals surface area contributed by atoms with Crippen molar-refractivity contribution in [1.82, 2.24) is 0 Å². The van der Waals surface area contributed by atoms with Gasteiger partial charge in [0, 0.05) is 33.4 Å². The summed E-state index contributed by atoms with van der Waals surface area (Å²) in [6.45, 7) is 2.61. The molecule has 0 saturated heterocycles. The van der Waals surface area contributed by atoms with Crippen LogP contribution < -0.4 is 14.8 Å². The Bertz CT molecular complexity index is 992. The van der Waals surface area contributed by atoms with Crippen LogP contribution >= 0.6 is 27.5 Å². The summed E-state index contributed by atoms with van der Waals surface area (Å²) in [5.74, 6) is 1.52. The monoisotopic (exact) mass is 475 g/mol. The molecule has 29 heavy (non-hydrogen) atoms. The Labute approximate surface area is 184 Å². The number of methoxy groups -OCH3 is 2. The Morgan fingerprint density at radius 1 is 1.03 bits per heavy atom. The summed E-state index contributed by atoms with van der Waals surface area (Å²) in [7, 11) is 3.28. The van der Waals surface area contributed by atoms with E-state index in [0.717, 1.165) is 43.9 Å². The van der Waals surface area contributed by atoms with Crippen molar-refractivity contribution < 1.29 is 14.6 Å². The molecule has 0 bridgehead atoms. The smallest absolute Gasteiger partial charge is 0.127 e. The van der Waals surface area contributed by atoms with Crippen LogP contribution in [0.5, 0.6) is 11.5 Å². The Hall–Kier alpha value is -2.21. The zero-order chi connectivity index (χ0) is 21.0. The van der Waals surface area contributed by atoms with Crippen LogP contribution in [0.1, 0.15) is 28.4 Å². The van der Waals surface area contributed by atoms with Gasteiger partial charge in [0.25, 0.3) is 0 Å². The molecule has 1 unspecified atom stereocenters. The van der Waals surface area contributed by atoms with Crippen LogP contribution in [-0.4, -0.2) is 19.3 Å². The van der Waals surface area contributed by atoms with Crippen molar-refractivity contribution in [2.45, 2.75) is 19.6 Å². The number of hydrogen-bond donors (Lipinski definition) is 2. The third-order valence-corrected chi connectivity index (χ3v) is 5.73. The van der Waals surface area contributed by atoms with E-state index in [0.29, 0.717) is 11.6 Å². The number of ether oxygens (including phenoxy) is 2. The minimum atomic E-state index is -0.740. The topological polar surface area (TPSA) is 50.7 Å². The lowest BCUT2D eigenvalue weighted by Crippen LogP contribution is -2.06. The van der Waals surface area contributed by atoms with Gasteiger partial charge in [-0.3, -0.25) is 0 Å². The van der Waals surface area contributed by atoms with Gasteiger partial charge in [0.2, 0.25) is 0 Å². The minimum Gasteiger partial charge on any atom is -0.497 e. The van der Waals surface area contributed by atoms with E-state index < -0.39 is 6.10 Å². The molecular weight excluding hydrogens is 454 g/mol. The molecule has 4 nitrogen and oxygen atoms in total. The number of anilines is 1. The van der Waals surface area contributed by atoms with Crippen molar-refractivity contribution in [3.05, 3.63) is 86.3 Å². The lowest BCUT2D eigenvalue weighted by molar-refractivity contribution is 0.219. The van der Waals surface area contributed by atoms with E-state index >= 15 is 0 Å². The first-order chi connectivity index (χ1) is 13.9. The van der Waals surface area contributed by atoms with Crippen LogP contribution in [0, 0.1) is 6.92 Å². The number of nitrogens with one attached hydrogen (secondary N) is 1. The molecule has 0 saturated carbocycles. The van der Waals surface area contributed by atoms with E-state index in [4.69, 9.17) is 21.1 Å². The Balaban J connectivity index is 1.80. The molecule has 0 heterocycles. The van der Waals surface area contributed by atoms with E-state index in [2.05, 4.69) is 21.2 Å². The SMILES string of the molecule is COc1ccc(CNc2cc(Br)c(C(O)c3ccc(Cl)cc3)cc2C)c(OC)c1. The van der Waals surface area contributed by atoms with E-state index in [-0.39, 0.29) is 0 Å². The second-order valence-corrected chi connectivity index (χ2v) is 7.96. The summed E-state index contributed by atoms with van der Waals surface area (Å²) in [6.07, 6.45) is -0.740. The fraction of sp³-hybridized carbons (Fsp3) is 0.217. The molecule has 152 valence electrons. The molecule has 3 rings (SSSR count). The summed E-state index contributed by atoms with van der Waals surface area (Å²) in [5, 5.41) is 14.9. The molecule has 3 aromatic carbocycles. The van der Waals surface area contributed by atoms with Crippen LogP contribution in [0.25, 0.3) is 0 Å². The highest BCUT2D eigenvalue weighted by molar-refractivity contribution is 9.10. The second kappa shape index (κ2) is 9.53. The molecule has 1 atom stereocenters. The maximum Gasteiger partial charge on any atom is 0.127 e. The van der Waals surface area contributed by atoms with Gasteiger partial charge in [0.15, 0.2) is 0 Å². The zero-order valence-corrected chi connectivity index (χ0v) is 18.8. The lowest BCUT2D eigenvalue weighted by Gasteiger charge is -2.18. The molecule has 0 amide bonds. The van der Waals surface area contributed by atoms with Gasteiger partial charge in [0.1, 0.15) is 17.6 Å². The van der Waals surface area contributed by atoms with Gasteiger partial charge in [-0.2, -0.15) is 0 Å². The van der Waals surface area contributed by atoms with Crippen molar-refractivity contribution in [2.75, 3.05) is 19.5 Å². The van der Waals surface area contributed by atoms with Crippen molar-refractivity contribution in [2.24, 2.45) is 0 Å². The number of hydrogen-bond acceptors (Lipinski definition) is 4. The first-order valence-electron chi connectivity index (χ1n) is 9.11. The maximum absolute atomic E-state index is 10.8. The molecule has 0 radical (unpaired) electrons. The van der Waals surface area contributed by atoms with Gasteiger partial charge in [0.05, 0.1) is 14.2 Å². The number of aliphatic hydroxyl groups excluding tert-OH is 1. The van der Waals surface area contributed by atoms with E-state index in [9.17, 15) is 5.11 Å². The molecule has 3 aromatic rings. The molecular formula is C23H23BrClNO3. The third kappa shape index (κ3) is 5.04. The number of rotatable bonds is 7. The number of benzene rings is 3. The Morgan fingerprint density at radius 3 is 2.41 bits per heavy atom. The summed E-state index contributed by atoms with van der Waals surface area (Å²) < 4.78 is 11.5. The molecule has 0 fully saturated rings. The van der Waals surface area contributed by atoms with Gasteiger partial charge in [-0.1, -0.05) is 39.7 Å². The van der Waals surface area contributed by atoms with Crippen molar-refractivity contribution in [1.29, 1.82) is 0 Å². The maximum atomic E-state index is 10.8. The number of aryl methyl sites for hydroxylation is 1. The highest BCUT2D eigenvalue weighted by atomic mass is 79.9. The summed E-state index contributed by atoms with van der Waals surface area (Å²) in [5.41, 5.74) is 4.62. The van der Waals surface area contributed by atoms with Crippen molar-refractivity contribution >= 4 is 33.2 Å². The molecule has 0 aliphatic carbocycles. The largest absolute Gasteiger partial charge is 0.497 e. The van der Waals surface area contributed by atoms with Gasteiger partial charge >= 0.3 is 0 Å². The van der Waals surface area contributed by atoms with Gasteiger partial charge in [-0.15, -0.1) is 0 Å². The first-order valence-corrected chi connectivity index (χ1v) is 10.3. The average molecular weight is 477 g/mol. The van der Waals surface area contributed by atoms with Crippen LogP contribution in [-0.2, 0) is 6.54 Å². The molecule has 0 aliphatic heterocycles. The standard InChI is InChI=1S/C23H23BrClNO3/c1-14-10-19(23(27)15-4-7-17(25)8-5-15)20(24)12-21(14)26-13-16-6-9-18(28-2)11-22(16)29-3/h4-12,23,26-27H,13H2,1-3H3. The average Bonchev–Trinajstić information content (AvgIpc) is 2.74. The predicted molar refractivity (Wildman–Crippen MR) is 121 cm³/mol. The van der Waals surface area contributed by atoms with Crippen LogP contribution in [0.15, 0.2) is 59.1 Å². The predicted octanol–water partition coefficient (Wildman–Crippen LogP) is 6.12. The third-order valence-electron chi connectivity index (χ3n) is 4.79.